The molecule has 1 saturated heterocycles. The van der Waals surface area contributed by atoms with Crippen LogP contribution in [0.5, 0.6) is 11.6 Å². The Morgan fingerprint density at radius 3 is 2.73 bits per heavy atom. The molecular weight excluding hydrogens is 515 g/mol. The van der Waals surface area contributed by atoms with Crippen molar-refractivity contribution in [2.45, 2.75) is 51.0 Å². The maximum atomic E-state index is 15.0. The normalized spacial score (nSPS) is 20.4. The zero-order valence-corrected chi connectivity index (χ0v) is 23.0. The number of aromatic nitrogens is 1. The van der Waals surface area contributed by atoms with Crippen molar-refractivity contribution in [3.63, 3.8) is 0 Å². The summed E-state index contributed by atoms with van der Waals surface area (Å²) >= 11 is 0. The van der Waals surface area contributed by atoms with Gasteiger partial charge in [-0.25, -0.2) is 9.37 Å². The summed E-state index contributed by atoms with van der Waals surface area (Å²) in [6, 6.07) is 13.0. The summed E-state index contributed by atoms with van der Waals surface area (Å²) in [7, 11) is 3.23. The number of carbonyl (C=O) groups is 1. The molecule has 3 heterocycles. The van der Waals surface area contributed by atoms with Gasteiger partial charge >= 0.3 is 5.97 Å². The van der Waals surface area contributed by atoms with Crippen molar-refractivity contribution in [1.82, 2.24) is 9.88 Å². The van der Waals surface area contributed by atoms with Crippen molar-refractivity contribution in [2.75, 3.05) is 27.3 Å². The highest BCUT2D eigenvalue weighted by molar-refractivity contribution is 5.71. The van der Waals surface area contributed by atoms with E-state index in [4.69, 9.17) is 14.2 Å². The number of aliphatic hydroxyl groups excluding tert-OH is 1. The van der Waals surface area contributed by atoms with E-state index < -0.39 is 23.8 Å². The summed E-state index contributed by atoms with van der Waals surface area (Å²) in [4.78, 5) is 17.7. The molecule has 0 bridgehead atoms. The molecule has 5 rings (SSSR count). The Balaban J connectivity index is 1.46. The lowest BCUT2D eigenvalue weighted by atomic mass is 9.91. The number of hydrogen-bond donors (Lipinski definition) is 2. The van der Waals surface area contributed by atoms with E-state index >= 15 is 0 Å². The van der Waals surface area contributed by atoms with Crippen molar-refractivity contribution in [3.05, 3.63) is 76.7 Å². The molecule has 0 amide bonds. The van der Waals surface area contributed by atoms with Crippen LogP contribution >= 0.6 is 0 Å². The molecule has 2 aromatic carbocycles. The van der Waals surface area contributed by atoms with Crippen LogP contribution in [-0.4, -0.2) is 59.5 Å². The smallest absolute Gasteiger partial charge is 0.309 e. The van der Waals surface area contributed by atoms with Gasteiger partial charge in [0.2, 0.25) is 5.88 Å². The zero-order valence-electron chi connectivity index (χ0n) is 23.0. The van der Waals surface area contributed by atoms with E-state index in [9.17, 15) is 19.4 Å². The van der Waals surface area contributed by atoms with E-state index in [2.05, 4.69) is 16.0 Å². The van der Waals surface area contributed by atoms with Gasteiger partial charge in [0.05, 0.1) is 31.4 Å². The van der Waals surface area contributed by atoms with Crippen LogP contribution in [0.2, 0.25) is 0 Å². The lowest BCUT2D eigenvalue weighted by Gasteiger charge is -2.29. The monoisotopic (exact) mass is 550 g/mol. The van der Waals surface area contributed by atoms with Crippen LogP contribution in [-0.2, 0) is 22.5 Å². The fraction of sp³-hybridized carbons (Fsp3) is 0.419. The molecule has 3 aromatic rings. The average Bonchev–Trinajstić information content (AvgIpc) is 3.43. The summed E-state index contributed by atoms with van der Waals surface area (Å²) in [5.41, 5.74) is 4.66. The number of fused-ring (bicyclic) bond motifs is 1. The number of carboxylic acids is 1. The van der Waals surface area contributed by atoms with Crippen molar-refractivity contribution >= 4 is 5.97 Å². The van der Waals surface area contributed by atoms with E-state index in [1.165, 1.54) is 20.2 Å². The van der Waals surface area contributed by atoms with Gasteiger partial charge < -0.3 is 24.4 Å². The van der Waals surface area contributed by atoms with Crippen molar-refractivity contribution in [2.24, 2.45) is 5.92 Å². The third-order valence-electron chi connectivity index (χ3n) is 8.03. The summed E-state index contributed by atoms with van der Waals surface area (Å²) in [5.74, 6) is -1.44. The lowest BCUT2D eigenvalue weighted by molar-refractivity contribution is -0.145. The van der Waals surface area contributed by atoms with Gasteiger partial charge in [-0.15, -0.1) is 0 Å². The molecule has 8 nitrogen and oxygen atoms in total. The highest BCUT2D eigenvalue weighted by Crippen LogP contribution is 2.39. The molecule has 1 fully saturated rings. The molecule has 2 aliphatic rings. The lowest BCUT2D eigenvalue weighted by Crippen LogP contribution is -2.23. The fourth-order valence-corrected chi connectivity index (χ4v) is 5.55. The quantitative estimate of drug-likeness (QED) is 0.387. The van der Waals surface area contributed by atoms with Crippen LogP contribution < -0.4 is 9.47 Å². The van der Waals surface area contributed by atoms with Gasteiger partial charge in [-0.05, 0) is 60.1 Å². The third kappa shape index (κ3) is 5.82. The molecule has 2 aliphatic heterocycles. The summed E-state index contributed by atoms with van der Waals surface area (Å²) in [6.45, 7) is 3.79. The van der Waals surface area contributed by atoms with Crippen LogP contribution in [0, 0.1) is 11.7 Å². The van der Waals surface area contributed by atoms with Gasteiger partial charge in [0.1, 0.15) is 17.7 Å². The minimum Gasteiger partial charge on any atom is -0.485 e. The summed E-state index contributed by atoms with van der Waals surface area (Å²) < 4.78 is 32.2. The van der Waals surface area contributed by atoms with Crippen LogP contribution in [0.1, 0.15) is 54.2 Å². The van der Waals surface area contributed by atoms with Gasteiger partial charge in [-0.3, -0.25) is 9.69 Å². The second kappa shape index (κ2) is 11.9. The molecule has 2 N–H and O–H groups in total. The first-order valence-electron chi connectivity index (χ1n) is 13.6. The number of likely N-dealkylation sites (tertiary alicyclic amines) is 1. The van der Waals surface area contributed by atoms with Gasteiger partial charge in [0.15, 0.2) is 0 Å². The van der Waals surface area contributed by atoms with Crippen LogP contribution in [0.25, 0.3) is 11.1 Å². The predicted molar refractivity (Wildman–Crippen MR) is 147 cm³/mol. The largest absolute Gasteiger partial charge is 0.485 e. The first kappa shape index (κ1) is 28.0. The molecule has 4 atom stereocenters. The minimum absolute atomic E-state index is 0.177. The number of hydrogen-bond acceptors (Lipinski definition) is 7. The van der Waals surface area contributed by atoms with Crippen LogP contribution in [0.3, 0.4) is 0 Å². The number of halogens is 1. The zero-order chi connectivity index (χ0) is 28.4. The standard InChI is InChI=1S/C31H35FN2O6/c1-18(31(36)37)30(35)21-5-4-19-7-9-27(40-28(19)13-21)20-6-8-24(25-14-29(39-3)33-15-26(25)32)22(12-20)16-34-11-10-23(17-34)38-2/h4-6,8,12-15,18,23,27,30,35H,7,9-11,16-17H2,1-3H3,(H,36,37)/t18-,23-,27?,30+/m0/s1. The number of aliphatic carboxylic acids is 1. The Morgan fingerprint density at radius 1 is 1.18 bits per heavy atom. The topological polar surface area (TPSA) is 101 Å². The van der Waals surface area contributed by atoms with Gasteiger partial charge in [-0.2, -0.15) is 0 Å². The molecule has 1 aromatic heterocycles. The van der Waals surface area contributed by atoms with Gasteiger partial charge in [-0.1, -0.05) is 30.3 Å². The Hall–Kier alpha value is -3.53. The minimum atomic E-state index is -1.14. The maximum Gasteiger partial charge on any atom is 0.309 e. The Kier molecular flexibility index (Phi) is 8.35. The Bertz CT molecular complexity index is 1380. The molecule has 1 unspecified atom stereocenters. The molecule has 0 saturated carbocycles. The molecule has 0 radical (unpaired) electrons. The van der Waals surface area contributed by atoms with Crippen molar-refractivity contribution in [3.8, 4) is 22.8 Å². The first-order chi connectivity index (χ1) is 19.3. The van der Waals surface area contributed by atoms with E-state index in [1.54, 1.807) is 25.3 Å². The van der Waals surface area contributed by atoms with Gasteiger partial charge in [0.25, 0.3) is 0 Å². The SMILES string of the molecule is COc1cc(-c2ccc(C3CCc4ccc([C@H](O)[C@H](C)C(=O)O)cc4O3)cc2CN2CC[C@H](OC)C2)c(F)cn1. The van der Waals surface area contributed by atoms with Crippen LogP contribution in [0.15, 0.2) is 48.7 Å². The highest BCUT2D eigenvalue weighted by atomic mass is 19.1. The van der Waals surface area contributed by atoms with Gasteiger partial charge in [0, 0.05) is 38.4 Å². The molecule has 9 heteroatoms. The van der Waals surface area contributed by atoms with Crippen molar-refractivity contribution < 1.29 is 33.6 Å². The fourth-order valence-electron chi connectivity index (χ4n) is 5.55. The first-order valence-corrected chi connectivity index (χ1v) is 13.6. The van der Waals surface area contributed by atoms with Crippen LogP contribution in [0.4, 0.5) is 4.39 Å². The highest BCUT2D eigenvalue weighted by Gasteiger charge is 2.28. The Labute approximate surface area is 233 Å². The molecule has 0 spiro atoms. The molecular formula is C31H35FN2O6. The summed E-state index contributed by atoms with van der Waals surface area (Å²) in [6.07, 6.45) is 2.46. The number of pyridine rings is 1. The molecule has 40 heavy (non-hydrogen) atoms. The molecule has 212 valence electrons. The van der Waals surface area contributed by atoms with Crippen molar-refractivity contribution in [1.29, 1.82) is 0 Å². The number of nitrogens with zero attached hydrogens (tertiary/aromatic N) is 2. The maximum absolute atomic E-state index is 15.0. The summed E-state index contributed by atoms with van der Waals surface area (Å²) in [5, 5.41) is 19.9. The number of ether oxygens (including phenoxy) is 3. The molecule has 0 aliphatic carbocycles. The number of methoxy groups -OCH3 is 2. The number of aryl methyl sites for hydroxylation is 1. The number of benzene rings is 2. The number of rotatable bonds is 9. The van der Waals surface area contributed by atoms with E-state index in [-0.39, 0.29) is 12.2 Å². The second-order valence-electron chi connectivity index (χ2n) is 10.6. The predicted octanol–water partition coefficient (Wildman–Crippen LogP) is 4.94. The number of aliphatic hydroxyl groups is 1. The second-order valence-corrected chi connectivity index (χ2v) is 10.6. The van der Waals surface area contributed by atoms with E-state index in [1.807, 2.05) is 18.2 Å². The average molecular weight is 551 g/mol. The van der Waals surface area contributed by atoms with E-state index in [0.29, 0.717) is 29.3 Å². The van der Waals surface area contributed by atoms with E-state index in [0.717, 1.165) is 54.6 Å². The third-order valence-corrected chi connectivity index (χ3v) is 8.03. The Morgan fingerprint density at radius 2 is 2.00 bits per heavy atom. The number of carboxylic acid groups (broad SMARTS) is 1.